The molecule has 2 aromatic rings. The Morgan fingerprint density at radius 2 is 1.96 bits per heavy atom. The highest BCUT2D eigenvalue weighted by Crippen LogP contribution is 2.27. The van der Waals surface area contributed by atoms with E-state index in [0.29, 0.717) is 18.0 Å². The average Bonchev–Trinajstić information content (AvgIpc) is 2.95. The molecule has 0 aliphatic carbocycles. The Kier molecular flexibility index (Phi) is 6.64. The molecule has 0 radical (unpaired) electrons. The van der Waals surface area contributed by atoms with E-state index in [1.807, 2.05) is 18.2 Å². The van der Waals surface area contributed by atoms with Gasteiger partial charge in [0.15, 0.2) is 9.84 Å². The van der Waals surface area contributed by atoms with E-state index >= 15 is 0 Å². The summed E-state index contributed by atoms with van der Waals surface area (Å²) in [6.07, 6.45) is 0.552. The molecule has 8 heteroatoms. The van der Waals surface area contributed by atoms with Crippen LogP contribution in [-0.2, 0) is 21.1 Å². The summed E-state index contributed by atoms with van der Waals surface area (Å²) in [7, 11) is -3.41. The predicted molar refractivity (Wildman–Crippen MR) is 96.9 cm³/mol. The quantitative estimate of drug-likeness (QED) is 0.720. The van der Waals surface area contributed by atoms with Gasteiger partial charge in [-0.25, -0.2) is 8.42 Å². The number of hydrogen-bond donors (Lipinski definition) is 1. The van der Waals surface area contributed by atoms with Gasteiger partial charge in [-0.2, -0.15) is 0 Å². The van der Waals surface area contributed by atoms with Gasteiger partial charge in [0.1, 0.15) is 4.21 Å². The standard InChI is InChI=1S/C15H15BrClNO3S2/c16-13-5-6-15(22-13)23(20,21)10-8-14(19)18-9-7-11-3-1-2-4-12(11)17/h1-6H,7-10H2,(H,18,19). The summed E-state index contributed by atoms with van der Waals surface area (Å²) in [5, 5.41) is 3.38. The number of rotatable bonds is 7. The van der Waals surface area contributed by atoms with E-state index in [1.165, 1.54) is 0 Å². The first kappa shape index (κ1) is 18.4. The Balaban J connectivity index is 1.78. The van der Waals surface area contributed by atoms with Gasteiger partial charge in [-0.15, -0.1) is 11.3 Å². The second kappa shape index (κ2) is 8.28. The molecule has 0 bridgehead atoms. The molecule has 1 amide bonds. The zero-order valence-corrected chi connectivity index (χ0v) is 16.1. The molecule has 0 atom stereocenters. The van der Waals surface area contributed by atoms with Crippen molar-refractivity contribution in [1.82, 2.24) is 5.32 Å². The fourth-order valence-electron chi connectivity index (χ4n) is 1.92. The lowest BCUT2D eigenvalue weighted by molar-refractivity contribution is -0.120. The van der Waals surface area contributed by atoms with Gasteiger partial charge in [0.05, 0.1) is 9.54 Å². The van der Waals surface area contributed by atoms with Crippen LogP contribution < -0.4 is 5.32 Å². The summed E-state index contributed by atoms with van der Waals surface area (Å²) in [6, 6.07) is 10.6. The van der Waals surface area contributed by atoms with Gasteiger partial charge in [-0.05, 0) is 46.1 Å². The Morgan fingerprint density at radius 1 is 1.22 bits per heavy atom. The smallest absolute Gasteiger partial charge is 0.221 e. The van der Waals surface area contributed by atoms with Crippen LogP contribution in [0.3, 0.4) is 0 Å². The van der Waals surface area contributed by atoms with Crippen molar-refractivity contribution in [3.63, 3.8) is 0 Å². The van der Waals surface area contributed by atoms with Gasteiger partial charge in [0.2, 0.25) is 5.91 Å². The highest BCUT2D eigenvalue weighted by atomic mass is 79.9. The molecule has 1 N–H and O–H groups in total. The van der Waals surface area contributed by atoms with Gasteiger partial charge in [-0.1, -0.05) is 29.8 Å². The Bertz CT molecular complexity index is 790. The van der Waals surface area contributed by atoms with Gasteiger partial charge in [0, 0.05) is 18.0 Å². The largest absolute Gasteiger partial charge is 0.356 e. The number of nitrogens with one attached hydrogen (secondary N) is 1. The number of thiophene rings is 1. The van der Waals surface area contributed by atoms with Crippen LogP contribution in [0.4, 0.5) is 0 Å². The lowest BCUT2D eigenvalue weighted by atomic mass is 10.1. The second-order valence-electron chi connectivity index (χ2n) is 4.82. The predicted octanol–water partition coefficient (Wildman–Crippen LogP) is 3.69. The van der Waals surface area contributed by atoms with E-state index in [0.717, 1.165) is 20.7 Å². The molecular formula is C15H15BrClNO3S2. The topological polar surface area (TPSA) is 63.2 Å². The third kappa shape index (κ3) is 5.60. The molecule has 1 aromatic carbocycles. The summed E-state index contributed by atoms with van der Waals surface area (Å²) < 4.78 is 25.2. The SMILES string of the molecule is O=C(CCS(=O)(=O)c1ccc(Br)s1)NCCc1ccccc1Cl. The van der Waals surface area contributed by atoms with Crippen molar-refractivity contribution in [1.29, 1.82) is 0 Å². The molecule has 4 nitrogen and oxygen atoms in total. The van der Waals surface area contributed by atoms with Crippen LogP contribution in [0.15, 0.2) is 44.4 Å². The normalized spacial score (nSPS) is 11.4. The summed E-state index contributed by atoms with van der Waals surface area (Å²) in [6.45, 7) is 0.424. The summed E-state index contributed by atoms with van der Waals surface area (Å²) in [5.74, 6) is -0.478. The molecular weight excluding hydrogens is 422 g/mol. The first-order valence-electron chi connectivity index (χ1n) is 6.87. The molecule has 0 saturated carbocycles. The fraction of sp³-hybridized carbons (Fsp3) is 0.267. The van der Waals surface area contributed by atoms with E-state index < -0.39 is 9.84 Å². The minimum atomic E-state index is -3.41. The molecule has 0 spiro atoms. The molecule has 1 heterocycles. The number of halogens is 2. The summed E-state index contributed by atoms with van der Waals surface area (Å²) in [4.78, 5) is 11.8. The number of carbonyl (C=O) groups excluding carboxylic acids is 1. The molecule has 0 aliphatic heterocycles. The third-order valence-electron chi connectivity index (χ3n) is 3.13. The van der Waals surface area contributed by atoms with Crippen LogP contribution >= 0.6 is 38.9 Å². The van der Waals surface area contributed by atoms with Crippen molar-refractivity contribution in [3.8, 4) is 0 Å². The molecule has 0 aliphatic rings. The van der Waals surface area contributed by atoms with Crippen LogP contribution in [0.2, 0.25) is 5.02 Å². The lowest BCUT2D eigenvalue weighted by Crippen LogP contribution is -2.27. The summed E-state index contributed by atoms with van der Waals surface area (Å²) >= 11 is 10.4. The monoisotopic (exact) mass is 435 g/mol. The maximum Gasteiger partial charge on any atom is 0.221 e. The van der Waals surface area contributed by atoms with E-state index in [9.17, 15) is 13.2 Å². The van der Waals surface area contributed by atoms with Crippen molar-refractivity contribution in [2.24, 2.45) is 0 Å². The van der Waals surface area contributed by atoms with Crippen molar-refractivity contribution < 1.29 is 13.2 Å². The average molecular weight is 437 g/mol. The van der Waals surface area contributed by atoms with E-state index in [1.54, 1.807) is 18.2 Å². The highest BCUT2D eigenvalue weighted by molar-refractivity contribution is 9.11. The van der Waals surface area contributed by atoms with Crippen molar-refractivity contribution in [3.05, 3.63) is 50.8 Å². The zero-order chi connectivity index (χ0) is 16.9. The molecule has 0 unspecified atom stereocenters. The minimum Gasteiger partial charge on any atom is -0.356 e. The van der Waals surface area contributed by atoms with Gasteiger partial charge < -0.3 is 5.32 Å². The van der Waals surface area contributed by atoms with Crippen LogP contribution in [0.25, 0.3) is 0 Å². The van der Waals surface area contributed by atoms with Crippen LogP contribution in [0.5, 0.6) is 0 Å². The molecule has 2 rings (SSSR count). The number of carbonyl (C=O) groups is 1. The molecule has 0 saturated heterocycles. The van der Waals surface area contributed by atoms with Crippen LogP contribution in [0.1, 0.15) is 12.0 Å². The molecule has 1 aromatic heterocycles. The Labute approximate surface area is 152 Å². The molecule has 0 fully saturated rings. The van der Waals surface area contributed by atoms with Gasteiger partial charge in [0.25, 0.3) is 0 Å². The second-order valence-corrected chi connectivity index (χ2v) is 10.0. The van der Waals surface area contributed by atoms with E-state index in [4.69, 9.17) is 11.6 Å². The number of benzene rings is 1. The number of amides is 1. The van der Waals surface area contributed by atoms with Gasteiger partial charge in [-0.3, -0.25) is 4.79 Å². The Morgan fingerprint density at radius 3 is 2.61 bits per heavy atom. The van der Waals surface area contributed by atoms with Crippen molar-refractivity contribution in [2.75, 3.05) is 12.3 Å². The first-order valence-corrected chi connectivity index (χ1v) is 10.5. The van der Waals surface area contributed by atoms with E-state index in [2.05, 4.69) is 21.2 Å². The molecule has 23 heavy (non-hydrogen) atoms. The third-order valence-corrected chi connectivity index (χ3v) is 7.42. The minimum absolute atomic E-state index is 0.0552. The van der Waals surface area contributed by atoms with E-state index in [-0.39, 0.29) is 22.3 Å². The maximum atomic E-state index is 12.1. The van der Waals surface area contributed by atoms with Crippen LogP contribution in [-0.4, -0.2) is 26.6 Å². The van der Waals surface area contributed by atoms with Crippen molar-refractivity contribution in [2.45, 2.75) is 17.1 Å². The highest BCUT2D eigenvalue weighted by Gasteiger charge is 2.18. The zero-order valence-electron chi connectivity index (χ0n) is 12.1. The lowest BCUT2D eigenvalue weighted by Gasteiger charge is -2.07. The Hall–Kier alpha value is -0.890. The van der Waals surface area contributed by atoms with Gasteiger partial charge >= 0.3 is 0 Å². The fourth-order valence-corrected chi connectivity index (χ4v) is 5.55. The number of sulfone groups is 1. The van der Waals surface area contributed by atoms with Crippen LogP contribution in [0, 0.1) is 0 Å². The summed E-state index contributed by atoms with van der Waals surface area (Å²) in [5.41, 5.74) is 0.950. The molecule has 124 valence electrons. The maximum absolute atomic E-state index is 12.1. The van der Waals surface area contributed by atoms with Crippen molar-refractivity contribution >= 4 is 54.6 Å². The first-order chi connectivity index (χ1) is 10.9. The number of hydrogen-bond acceptors (Lipinski definition) is 4.